The fraction of sp³-hybridized carbons (Fsp3) is 0.400. The summed E-state index contributed by atoms with van der Waals surface area (Å²) in [5, 5.41) is 6.14. The number of nitrogens with one attached hydrogen (secondary N) is 2. The lowest BCUT2D eigenvalue weighted by Crippen LogP contribution is -2.43. The summed E-state index contributed by atoms with van der Waals surface area (Å²) in [6.45, 7) is 0. The van der Waals surface area contributed by atoms with Crippen LogP contribution in [0.1, 0.15) is 36.0 Å². The van der Waals surface area contributed by atoms with Crippen LogP contribution in [-0.2, 0) is 0 Å². The highest BCUT2D eigenvalue weighted by atomic mass is 16.1. The Hall–Kier alpha value is -2.81. The fourth-order valence-corrected chi connectivity index (χ4v) is 2.70. The molecule has 2 atom stereocenters. The third-order valence-electron chi connectivity index (χ3n) is 3.98. The van der Waals surface area contributed by atoms with Crippen molar-refractivity contribution in [3.05, 3.63) is 30.2 Å². The summed E-state index contributed by atoms with van der Waals surface area (Å²) >= 11 is 0. The van der Waals surface area contributed by atoms with Crippen LogP contribution in [0.2, 0.25) is 0 Å². The maximum atomic E-state index is 11.6. The number of anilines is 3. The van der Waals surface area contributed by atoms with Crippen molar-refractivity contribution < 1.29 is 4.79 Å². The molecule has 0 spiro atoms. The third-order valence-corrected chi connectivity index (χ3v) is 3.98. The van der Waals surface area contributed by atoms with E-state index in [0.29, 0.717) is 11.9 Å². The lowest BCUT2D eigenvalue weighted by Gasteiger charge is -2.29. The molecule has 1 aliphatic carbocycles. The van der Waals surface area contributed by atoms with Gasteiger partial charge in [0.1, 0.15) is 5.56 Å². The number of hydrogen-bond donors (Lipinski definition) is 4. The van der Waals surface area contributed by atoms with Gasteiger partial charge in [-0.2, -0.15) is 4.98 Å². The maximum absolute atomic E-state index is 11.6. The van der Waals surface area contributed by atoms with Crippen molar-refractivity contribution in [3.8, 4) is 0 Å². The van der Waals surface area contributed by atoms with E-state index in [1.54, 1.807) is 18.5 Å². The molecule has 2 heterocycles. The van der Waals surface area contributed by atoms with Gasteiger partial charge < -0.3 is 22.1 Å². The van der Waals surface area contributed by atoms with Crippen LogP contribution in [0.25, 0.3) is 0 Å². The number of amides is 1. The highest BCUT2D eigenvalue weighted by molar-refractivity contribution is 5.97. The van der Waals surface area contributed by atoms with Crippen LogP contribution >= 0.6 is 0 Å². The van der Waals surface area contributed by atoms with Crippen LogP contribution in [-0.4, -0.2) is 37.9 Å². The zero-order valence-corrected chi connectivity index (χ0v) is 13.1. The first kappa shape index (κ1) is 16.1. The average Bonchev–Trinajstić information content (AvgIpc) is 2.58. The lowest BCUT2D eigenvalue weighted by molar-refractivity contribution is 0.100. The number of primary amides is 1. The van der Waals surface area contributed by atoms with Gasteiger partial charge in [0.15, 0.2) is 5.82 Å². The van der Waals surface area contributed by atoms with Gasteiger partial charge in [-0.25, -0.2) is 15.0 Å². The molecule has 0 saturated heterocycles. The minimum absolute atomic E-state index is 0.0621. The van der Waals surface area contributed by atoms with E-state index < -0.39 is 5.91 Å². The van der Waals surface area contributed by atoms with E-state index in [2.05, 4.69) is 30.6 Å². The van der Waals surface area contributed by atoms with E-state index in [9.17, 15) is 4.79 Å². The Kier molecular flexibility index (Phi) is 4.80. The Morgan fingerprint density at radius 3 is 2.58 bits per heavy atom. The normalized spacial score (nSPS) is 20.4. The molecular formula is C15H20N8O. The Labute approximate surface area is 139 Å². The van der Waals surface area contributed by atoms with Crippen molar-refractivity contribution in [2.45, 2.75) is 37.8 Å². The molecule has 6 N–H and O–H groups in total. The molecule has 126 valence electrons. The molecule has 1 amide bonds. The van der Waals surface area contributed by atoms with Crippen molar-refractivity contribution >= 4 is 23.6 Å². The zero-order chi connectivity index (χ0) is 16.9. The molecule has 0 aromatic carbocycles. The molecule has 24 heavy (non-hydrogen) atoms. The zero-order valence-electron chi connectivity index (χ0n) is 13.1. The summed E-state index contributed by atoms with van der Waals surface area (Å²) in [4.78, 5) is 28.2. The first-order valence-electron chi connectivity index (χ1n) is 7.86. The number of nitrogens with two attached hydrogens (primary N) is 2. The second-order valence-electron chi connectivity index (χ2n) is 5.72. The van der Waals surface area contributed by atoms with Crippen molar-refractivity contribution in [2.24, 2.45) is 11.5 Å². The quantitative estimate of drug-likeness (QED) is 0.630. The van der Waals surface area contributed by atoms with E-state index >= 15 is 0 Å². The smallest absolute Gasteiger partial charge is 0.254 e. The minimum atomic E-state index is -0.630. The van der Waals surface area contributed by atoms with Crippen molar-refractivity contribution in [1.29, 1.82) is 0 Å². The second kappa shape index (κ2) is 7.18. The highest BCUT2D eigenvalue weighted by Crippen LogP contribution is 2.22. The summed E-state index contributed by atoms with van der Waals surface area (Å²) in [5.41, 5.74) is 11.7. The van der Waals surface area contributed by atoms with Crippen LogP contribution in [0.3, 0.4) is 0 Å². The Bertz CT molecular complexity index is 708. The van der Waals surface area contributed by atoms with E-state index in [-0.39, 0.29) is 23.5 Å². The van der Waals surface area contributed by atoms with Crippen molar-refractivity contribution in [2.75, 3.05) is 10.6 Å². The maximum Gasteiger partial charge on any atom is 0.254 e. The molecule has 1 aliphatic rings. The predicted octanol–water partition coefficient (Wildman–Crippen LogP) is 0.791. The summed E-state index contributed by atoms with van der Waals surface area (Å²) < 4.78 is 0. The summed E-state index contributed by atoms with van der Waals surface area (Å²) in [6.07, 6.45) is 8.75. The van der Waals surface area contributed by atoms with Gasteiger partial charge in [-0.15, -0.1) is 0 Å². The van der Waals surface area contributed by atoms with Crippen LogP contribution in [0.15, 0.2) is 24.7 Å². The monoisotopic (exact) mass is 328 g/mol. The Morgan fingerprint density at radius 1 is 1.12 bits per heavy atom. The van der Waals surface area contributed by atoms with Gasteiger partial charge in [-0.05, 0) is 18.9 Å². The topological polar surface area (TPSA) is 145 Å². The van der Waals surface area contributed by atoms with Gasteiger partial charge >= 0.3 is 0 Å². The van der Waals surface area contributed by atoms with Crippen LogP contribution in [0.4, 0.5) is 17.7 Å². The minimum Gasteiger partial charge on any atom is -0.365 e. The molecule has 0 bridgehead atoms. The van der Waals surface area contributed by atoms with E-state index in [1.807, 2.05) is 0 Å². The van der Waals surface area contributed by atoms with Crippen molar-refractivity contribution in [3.63, 3.8) is 0 Å². The number of hydrogen-bond acceptors (Lipinski definition) is 8. The summed E-state index contributed by atoms with van der Waals surface area (Å²) in [6, 6.07) is 1.86. The van der Waals surface area contributed by atoms with Gasteiger partial charge in [0.25, 0.3) is 5.91 Å². The van der Waals surface area contributed by atoms with Gasteiger partial charge in [0.05, 0.1) is 0 Å². The van der Waals surface area contributed by atoms with Crippen LogP contribution in [0.5, 0.6) is 0 Å². The number of rotatable bonds is 5. The van der Waals surface area contributed by atoms with E-state index in [4.69, 9.17) is 11.5 Å². The molecular weight excluding hydrogens is 308 g/mol. The highest BCUT2D eigenvalue weighted by Gasteiger charge is 2.23. The number of carbonyl (C=O) groups excluding carboxylic acids is 1. The molecule has 3 rings (SSSR count). The average molecular weight is 328 g/mol. The van der Waals surface area contributed by atoms with Gasteiger partial charge in [0, 0.05) is 30.7 Å². The molecule has 0 aliphatic heterocycles. The predicted molar refractivity (Wildman–Crippen MR) is 89.7 cm³/mol. The fourth-order valence-electron chi connectivity index (χ4n) is 2.70. The second-order valence-corrected chi connectivity index (χ2v) is 5.72. The van der Waals surface area contributed by atoms with Gasteiger partial charge in [-0.1, -0.05) is 12.8 Å². The van der Waals surface area contributed by atoms with Gasteiger partial charge in [0.2, 0.25) is 11.9 Å². The molecule has 0 radical (unpaired) electrons. The Morgan fingerprint density at radius 2 is 1.88 bits per heavy atom. The lowest BCUT2D eigenvalue weighted by atomic mass is 9.91. The molecule has 9 nitrogen and oxygen atoms in total. The molecule has 2 aromatic heterocycles. The first-order chi connectivity index (χ1) is 11.6. The number of nitrogens with zero attached hydrogens (tertiary/aromatic N) is 4. The molecule has 9 heteroatoms. The number of carbonyl (C=O) groups is 1. The first-order valence-corrected chi connectivity index (χ1v) is 7.86. The summed E-state index contributed by atoms with van der Waals surface area (Å²) in [7, 11) is 0. The van der Waals surface area contributed by atoms with E-state index in [1.165, 1.54) is 6.20 Å². The molecule has 2 aromatic rings. The van der Waals surface area contributed by atoms with E-state index in [0.717, 1.165) is 25.7 Å². The molecule has 1 fully saturated rings. The van der Waals surface area contributed by atoms with Crippen LogP contribution < -0.4 is 22.1 Å². The SMILES string of the molecule is NC(=O)c1cnc(NC2CCCCC2N)nc1Nc1ncccn1. The standard InChI is InChI=1S/C15H20N8O/c16-10-4-1-2-5-11(10)21-15-20-8-9(12(17)24)13(23-15)22-14-18-6-3-7-19-14/h3,6-8,10-11H,1-2,4-5,16H2,(H2,17,24)(H2,18,19,20,21,22,23). The van der Waals surface area contributed by atoms with Crippen molar-refractivity contribution in [1.82, 2.24) is 19.9 Å². The largest absolute Gasteiger partial charge is 0.365 e. The van der Waals surface area contributed by atoms with Crippen LogP contribution in [0, 0.1) is 0 Å². The van der Waals surface area contributed by atoms with Gasteiger partial charge in [-0.3, -0.25) is 4.79 Å². The Balaban J connectivity index is 1.83. The third kappa shape index (κ3) is 3.74. The molecule has 2 unspecified atom stereocenters. The molecule has 1 saturated carbocycles. The summed E-state index contributed by atoms with van der Waals surface area (Å²) in [5.74, 6) is 0.338. The number of aromatic nitrogens is 4.